The maximum absolute atomic E-state index is 12.5. The van der Waals surface area contributed by atoms with Crippen molar-refractivity contribution in [2.75, 3.05) is 19.1 Å². The van der Waals surface area contributed by atoms with Crippen LogP contribution in [0.3, 0.4) is 0 Å². The minimum atomic E-state index is -1.22. The molecule has 0 unspecified atom stereocenters. The number of anilines is 1. The van der Waals surface area contributed by atoms with Crippen molar-refractivity contribution in [3.05, 3.63) is 57.0 Å². The number of aliphatic carboxylic acids is 1. The fourth-order valence-corrected chi connectivity index (χ4v) is 4.13. The maximum Gasteiger partial charge on any atom is 0.326 e. The third-order valence-corrected chi connectivity index (χ3v) is 6.17. The molecule has 33 heavy (non-hydrogen) atoms. The molecule has 3 N–H and O–H groups in total. The number of aromatic amines is 1. The summed E-state index contributed by atoms with van der Waals surface area (Å²) < 4.78 is 4.51. The summed E-state index contributed by atoms with van der Waals surface area (Å²) in [5.74, 6) is -1.75. The highest BCUT2D eigenvalue weighted by Crippen LogP contribution is 2.27. The standard InChI is InChI=1S/C22H24N4O6S/c1-12-23-15-5-4-13(10-14(15)20(28)24-12)11-26(2)18-8-7-17(33-18)21(29)25-16(22(30)31)6-9-19(27)32-3/h4-5,7-8,10,16H,6,9,11H2,1-3H3,(H,25,29)(H,30,31)(H,23,24,28)/t16-/m0/s1. The van der Waals surface area contributed by atoms with E-state index < -0.39 is 23.9 Å². The quantitative estimate of drug-likeness (QED) is 0.402. The predicted octanol–water partition coefficient (Wildman–Crippen LogP) is 2.07. The molecule has 1 aromatic carbocycles. The molecule has 11 heteroatoms. The molecule has 1 atom stereocenters. The highest BCUT2D eigenvalue weighted by molar-refractivity contribution is 7.17. The van der Waals surface area contributed by atoms with E-state index in [2.05, 4.69) is 20.0 Å². The number of esters is 1. The Balaban J connectivity index is 1.68. The summed E-state index contributed by atoms with van der Waals surface area (Å²) in [6, 6.07) is 7.66. The van der Waals surface area contributed by atoms with Crippen molar-refractivity contribution in [1.29, 1.82) is 0 Å². The van der Waals surface area contributed by atoms with E-state index in [4.69, 9.17) is 0 Å². The minimum absolute atomic E-state index is 0.0681. The van der Waals surface area contributed by atoms with Gasteiger partial charge < -0.3 is 25.0 Å². The second-order valence-corrected chi connectivity index (χ2v) is 8.54. The van der Waals surface area contributed by atoms with E-state index in [0.29, 0.717) is 28.1 Å². The first-order valence-electron chi connectivity index (χ1n) is 10.1. The molecule has 10 nitrogen and oxygen atoms in total. The Labute approximate surface area is 193 Å². The molecule has 0 aliphatic rings. The van der Waals surface area contributed by atoms with Crippen LogP contribution in [0.4, 0.5) is 5.00 Å². The number of methoxy groups -OCH3 is 1. The van der Waals surface area contributed by atoms with Gasteiger partial charge in [0.2, 0.25) is 0 Å². The normalized spacial score (nSPS) is 11.7. The van der Waals surface area contributed by atoms with E-state index in [9.17, 15) is 24.3 Å². The lowest BCUT2D eigenvalue weighted by Gasteiger charge is -2.17. The summed E-state index contributed by atoms with van der Waals surface area (Å²) >= 11 is 1.21. The molecular weight excluding hydrogens is 448 g/mol. The first-order chi connectivity index (χ1) is 15.7. The number of amides is 1. The van der Waals surface area contributed by atoms with E-state index in [0.717, 1.165) is 10.6 Å². The number of carbonyl (C=O) groups excluding carboxylic acids is 2. The van der Waals surface area contributed by atoms with E-state index in [-0.39, 0.29) is 18.4 Å². The van der Waals surface area contributed by atoms with Crippen LogP contribution in [0.15, 0.2) is 35.1 Å². The summed E-state index contributed by atoms with van der Waals surface area (Å²) in [7, 11) is 3.07. The van der Waals surface area contributed by atoms with Crippen LogP contribution in [0.25, 0.3) is 10.9 Å². The van der Waals surface area contributed by atoms with Gasteiger partial charge >= 0.3 is 11.9 Å². The molecule has 2 heterocycles. The van der Waals surface area contributed by atoms with Gasteiger partial charge in [-0.1, -0.05) is 6.07 Å². The van der Waals surface area contributed by atoms with Gasteiger partial charge in [0, 0.05) is 20.0 Å². The number of nitrogens with one attached hydrogen (secondary N) is 2. The van der Waals surface area contributed by atoms with Crippen molar-refractivity contribution in [3.8, 4) is 0 Å². The summed E-state index contributed by atoms with van der Waals surface area (Å²) in [6.45, 7) is 2.21. The number of H-pyrrole nitrogens is 1. The monoisotopic (exact) mass is 472 g/mol. The van der Waals surface area contributed by atoms with Crippen LogP contribution in [-0.4, -0.2) is 53.1 Å². The molecule has 3 rings (SSSR count). The van der Waals surface area contributed by atoms with Gasteiger partial charge in [-0.3, -0.25) is 14.4 Å². The molecule has 0 saturated heterocycles. The number of benzene rings is 1. The molecule has 2 aromatic heterocycles. The Hall–Kier alpha value is -3.73. The molecule has 1 amide bonds. The van der Waals surface area contributed by atoms with Gasteiger partial charge in [-0.2, -0.15) is 0 Å². The highest BCUT2D eigenvalue weighted by Gasteiger charge is 2.23. The lowest BCUT2D eigenvalue weighted by Crippen LogP contribution is -2.40. The van der Waals surface area contributed by atoms with Crippen LogP contribution < -0.4 is 15.8 Å². The van der Waals surface area contributed by atoms with E-state index in [1.165, 1.54) is 18.4 Å². The fraction of sp³-hybridized carbons (Fsp3) is 0.318. The Kier molecular flexibility index (Phi) is 7.44. The topological polar surface area (TPSA) is 142 Å². The summed E-state index contributed by atoms with van der Waals surface area (Å²) in [5.41, 5.74) is 1.32. The van der Waals surface area contributed by atoms with Gasteiger partial charge in [0.25, 0.3) is 11.5 Å². The van der Waals surface area contributed by atoms with Crippen LogP contribution in [-0.2, 0) is 20.9 Å². The van der Waals surface area contributed by atoms with E-state index in [1.807, 2.05) is 18.0 Å². The Morgan fingerprint density at radius 1 is 1.27 bits per heavy atom. The summed E-state index contributed by atoms with van der Waals surface area (Å²) in [6.07, 6.45) is -0.183. The van der Waals surface area contributed by atoms with Crippen molar-refractivity contribution in [1.82, 2.24) is 15.3 Å². The Morgan fingerprint density at radius 3 is 2.73 bits per heavy atom. The third kappa shape index (κ3) is 5.95. The second kappa shape index (κ2) is 10.3. The largest absolute Gasteiger partial charge is 0.480 e. The lowest BCUT2D eigenvalue weighted by molar-refractivity contribution is -0.142. The molecule has 0 bridgehead atoms. The van der Waals surface area contributed by atoms with Gasteiger partial charge in [-0.15, -0.1) is 11.3 Å². The first-order valence-corrected chi connectivity index (χ1v) is 10.9. The number of nitrogens with zero attached hydrogens (tertiary/aromatic N) is 2. The van der Waals surface area contributed by atoms with Gasteiger partial charge in [0.15, 0.2) is 0 Å². The van der Waals surface area contributed by atoms with Gasteiger partial charge in [0.1, 0.15) is 11.9 Å². The zero-order valence-electron chi connectivity index (χ0n) is 18.4. The summed E-state index contributed by atoms with van der Waals surface area (Å²) in [4.78, 5) is 56.7. The molecule has 0 aliphatic heterocycles. The number of fused-ring (bicyclic) bond motifs is 1. The maximum atomic E-state index is 12.5. The highest BCUT2D eigenvalue weighted by atomic mass is 32.1. The van der Waals surface area contributed by atoms with Crippen LogP contribution in [0, 0.1) is 6.92 Å². The Bertz CT molecular complexity index is 1250. The number of hydrogen-bond acceptors (Lipinski definition) is 8. The molecular formula is C22H24N4O6S. The van der Waals surface area contributed by atoms with Crippen LogP contribution in [0.2, 0.25) is 0 Å². The number of aromatic nitrogens is 2. The molecule has 0 fully saturated rings. The fourth-order valence-electron chi connectivity index (χ4n) is 3.26. The number of ether oxygens (including phenoxy) is 1. The number of carboxylic acid groups (broad SMARTS) is 1. The van der Waals surface area contributed by atoms with Crippen LogP contribution in [0.5, 0.6) is 0 Å². The van der Waals surface area contributed by atoms with E-state index >= 15 is 0 Å². The van der Waals surface area contributed by atoms with Gasteiger partial charge in [-0.05, 0) is 43.2 Å². The Morgan fingerprint density at radius 2 is 2.03 bits per heavy atom. The molecule has 0 aliphatic carbocycles. The van der Waals surface area contributed by atoms with Crippen molar-refractivity contribution in [3.63, 3.8) is 0 Å². The lowest BCUT2D eigenvalue weighted by atomic mass is 10.1. The van der Waals surface area contributed by atoms with E-state index in [1.54, 1.807) is 31.2 Å². The zero-order valence-corrected chi connectivity index (χ0v) is 19.2. The molecule has 0 radical (unpaired) electrons. The number of carbonyl (C=O) groups is 3. The third-order valence-electron chi connectivity index (χ3n) is 4.97. The number of thiophene rings is 1. The van der Waals surface area contributed by atoms with Crippen molar-refractivity contribution >= 4 is 45.1 Å². The van der Waals surface area contributed by atoms with Gasteiger partial charge in [-0.25, -0.2) is 9.78 Å². The average Bonchev–Trinajstić information content (AvgIpc) is 3.27. The number of carboxylic acids is 1. The zero-order chi connectivity index (χ0) is 24.1. The number of aryl methyl sites for hydroxylation is 1. The van der Waals surface area contributed by atoms with Crippen LogP contribution in [0.1, 0.15) is 33.9 Å². The summed E-state index contributed by atoms with van der Waals surface area (Å²) in [5, 5.41) is 13.1. The smallest absolute Gasteiger partial charge is 0.326 e. The van der Waals surface area contributed by atoms with Gasteiger partial charge in [0.05, 0.1) is 27.9 Å². The molecule has 0 saturated carbocycles. The average molecular weight is 473 g/mol. The molecule has 174 valence electrons. The molecule has 3 aromatic rings. The van der Waals surface area contributed by atoms with Crippen molar-refractivity contribution in [2.45, 2.75) is 32.4 Å². The number of rotatable bonds is 9. The SMILES string of the molecule is COC(=O)CC[C@H](NC(=O)c1ccc(N(C)Cc2ccc3nc(C)[nH]c(=O)c3c2)s1)C(=O)O. The minimum Gasteiger partial charge on any atom is -0.480 e. The predicted molar refractivity (Wildman–Crippen MR) is 124 cm³/mol. The number of hydrogen-bond donors (Lipinski definition) is 3. The van der Waals surface area contributed by atoms with Crippen LogP contribution >= 0.6 is 11.3 Å². The molecule has 0 spiro atoms. The van der Waals surface area contributed by atoms with Crippen molar-refractivity contribution < 1.29 is 24.2 Å². The van der Waals surface area contributed by atoms with Crippen molar-refractivity contribution in [2.24, 2.45) is 0 Å². The first kappa shape index (κ1) is 23.9. The second-order valence-electron chi connectivity index (χ2n) is 7.48.